The molecule has 1 atom stereocenters. The molecule has 1 aromatic heterocycles. The first-order chi connectivity index (χ1) is 14.7. The Morgan fingerprint density at radius 3 is 2.45 bits per heavy atom. The van der Waals surface area contributed by atoms with Crippen molar-refractivity contribution in [1.82, 2.24) is 9.97 Å². The molecule has 1 aliphatic carbocycles. The van der Waals surface area contributed by atoms with Crippen LogP contribution >= 0.6 is 0 Å². The number of aromatic nitrogens is 2. The van der Waals surface area contributed by atoms with Gasteiger partial charge < -0.3 is 19.9 Å². The van der Waals surface area contributed by atoms with Crippen LogP contribution in [0.3, 0.4) is 0 Å². The van der Waals surface area contributed by atoms with Crippen LogP contribution in [-0.4, -0.2) is 48.2 Å². The van der Waals surface area contributed by atoms with Gasteiger partial charge in [0.1, 0.15) is 11.7 Å². The van der Waals surface area contributed by atoms with Crippen molar-refractivity contribution in [3.05, 3.63) is 40.8 Å². The highest BCUT2D eigenvalue weighted by atomic mass is 19.2. The van der Waals surface area contributed by atoms with Gasteiger partial charge in [0.2, 0.25) is 11.9 Å². The number of aryl methyl sites for hydroxylation is 1. The van der Waals surface area contributed by atoms with Gasteiger partial charge in [0.25, 0.3) is 0 Å². The number of nitrogens with one attached hydrogen (secondary N) is 1. The predicted octanol–water partition coefficient (Wildman–Crippen LogP) is 3.16. The van der Waals surface area contributed by atoms with Crippen molar-refractivity contribution < 1.29 is 22.7 Å². The maximum absolute atomic E-state index is 13.3. The molecule has 10 heteroatoms. The largest absolute Gasteiger partial charge is 0.373 e. The van der Waals surface area contributed by atoms with Crippen LogP contribution < -0.4 is 15.1 Å². The first-order valence-electron chi connectivity index (χ1n) is 10.1. The topological polar surface area (TPSA) is 70.6 Å². The van der Waals surface area contributed by atoms with Gasteiger partial charge >= 0.3 is 0 Å². The van der Waals surface area contributed by atoms with Crippen LogP contribution in [0.15, 0.2) is 12.1 Å². The maximum Gasteiger partial charge on any atom is 0.249 e. The number of carbonyl (C=O) groups excluding carboxylic acids is 1. The summed E-state index contributed by atoms with van der Waals surface area (Å²) in [6, 6.07) is 1.66. The zero-order valence-electron chi connectivity index (χ0n) is 17.7. The lowest BCUT2D eigenvalue weighted by Crippen LogP contribution is -2.50. The first-order valence-corrected chi connectivity index (χ1v) is 10.1. The number of hydrogen-bond donors (Lipinski definition) is 1. The highest BCUT2D eigenvalue weighted by Gasteiger charge is 2.36. The quantitative estimate of drug-likeness (QED) is 0.728. The molecule has 7 nitrogen and oxygen atoms in total. The van der Waals surface area contributed by atoms with E-state index < -0.39 is 17.5 Å². The molecule has 1 aromatic carbocycles. The van der Waals surface area contributed by atoms with Crippen LogP contribution in [0.1, 0.15) is 31.0 Å². The summed E-state index contributed by atoms with van der Waals surface area (Å²) < 4.78 is 45.3. The Bertz CT molecular complexity index is 1010. The summed E-state index contributed by atoms with van der Waals surface area (Å²) in [5.41, 5.74) is 1.65. The van der Waals surface area contributed by atoms with Crippen LogP contribution in [-0.2, 0) is 16.1 Å². The average Bonchev–Trinajstić information content (AvgIpc) is 2.69. The van der Waals surface area contributed by atoms with E-state index in [1.807, 2.05) is 25.8 Å². The van der Waals surface area contributed by atoms with E-state index in [9.17, 15) is 18.0 Å². The Morgan fingerprint density at radius 1 is 1.16 bits per heavy atom. The molecule has 0 radical (unpaired) electrons. The van der Waals surface area contributed by atoms with Crippen molar-refractivity contribution in [2.45, 2.75) is 51.5 Å². The fraction of sp³-hybridized carbons (Fsp3) is 0.476. The molecule has 0 bridgehead atoms. The second-order valence-electron chi connectivity index (χ2n) is 8.11. The second kappa shape index (κ2) is 7.99. The van der Waals surface area contributed by atoms with Gasteiger partial charge in [0, 0.05) is 20.1 Å². The van der Waals surface area contributed by atoms with Gasteiger partial charge in [0.05, 0.1) is 18.4 Å². The lowest BCUT2D eigenvalue weighted by Gasteiger charge is -2.38. The molecule has 2 aliphatic rings. The second-order valence-corrected chi connectivity index (χ2v) is 8.11. The van der Waals surface area contributed by atoms with Crippen molar-refractivity contribution in [2.75, 3.05) is 29.2 Å². The minimum absolute atomic E-state index is 0.00298. The Morgan fingerprint density at radius 2 is 1.81 bits per heavy atom. The smallest absolute Gasteiger partial charge is 0.249 e. The van der Waals surface area contributed by atoms with Crippen LogP contribution in [0.25, 0.3) is 0 Å². The van der Waals surface area contributed by atoms with E-state index >= 15 is 0 Å². The van der Waals surface area contributed by atoms with Crippen molar-refractivity contribution in [3.63, 3.8) is 0 Å². The molecule has 1 saturated carbocycles. The summed E-state index contributed by atoms with van der Waals surface area (Å²) in [6.45, 7) is 3.68. The normalized spacial score (nSPS) is 22.9. The Kier molecular flexibility index (Phi) is 5.50. The summed E-state index contributed by atoms with van der Waals surface area (Å²) >= 11 is 0. The number of ether oxygens (including phenoxy) is 1. The van der Waals surface area contributed by atoms with Crippen molar-refractivity contribution >= 4 is 23.4 Å². The van der Waals surface area contributed by atoms with Crippen molar-refractivity contribution in [3.8, 4) is 0 Å². The van der Waals surface area contributed by atoms with Crippen LogP contribution in [0.2, 0.25) is 0 Å². The van der Waals surface area contributed by atoms with E-state index in [0.29, 0.717) is 36.0 Å². The van der Waals surface area contributed by atoms with E-state index in [0.717, 1.165) is 12.1 Å². The van der Waals surface area contributed by atoms with E-state index in [-0.39, 0.29) is 36.3 Å². The molecular formula is C21H24F3N5O2. The standard InChI is InChI=1S/C21H24F3N5O2/c1-10-18-19(28(3)11(2)20(30)29(18)4)27-21(25-10)26-13-7-14(8-13)31-9-12-5-15(22)17(24)16(23)6-12/h5-6,11,13-14H,7-9H2,1-4H3,(H,25,26,27)/t11-,13-,14-/m0/s1. The van der Waals surface area contributed by atoms with Gasteiger partial charge in [-0.3, -0.25) is 4.79 Å². The minimum Gasteiger partial charge on any atom is -0.373 e. The molecule has 1 aliphatic heterocycles. The fourth-order valence-electron chi connectivity index (χ4n) is 3.90. The third-order valence-electron chi connectivity index (χ3n) is 5.94. The number of nitrogens with zero attached hydrogens (tertiary/aromatic N) is 4. The average molecular weight is 435 g/mol. The zero-order chi connectivity index (χ0) is 22.4. The monoisotopic (exact) mass is 435 g/mol. The predicted molar refractivity (Wildman–Crippen MR) is 110 cm³/mol. The highest BCUT2D eigenvalue weighted by molar-refractivity contribution is 6.04. The summed E-state index contributed by atoms with van der Waals surface area (Å²) in [6.07, 6.45) is 1.27. The molecule has 166 valence electrons. The number of carbonyl (C=O) groups is 1. The molecule has 2 aromatic rings. The maximum atomic E-state index is 13.3. The third-order valence-corrected chi connectivity index (χ3v) is 5.94. The van der Waals surface area contributed by atoms with E-state index in [1.54, 1.807) is 11.9 Å². The van der Waals surface area contributed by atoms with Crippen LogP contribution in [0.4, 0.5) is 30.6 Å². The van der Waals surface area contributed by atoms with E-state index in [2.05, 4.69) is 15.3 Å². The minimum atomic E-state index is -1.48. The Labute approximate surface area is 178 Å². The van der Waals surface area contributed by atoms with Crippen molar-refractivity contribution in [1.29, 1.82) is 0 Å². The number of halogens is 3. The van der Waals surface area contributed by atoms with Gasteiger partial charge in [-0.2, -0.15) is 4.98 Å². The molecule has 0 unspecified atom stereocenters. The molecule has 0 spiro atoms. The zero-order valence-corrected chi connectivity index (χ0v) is 17.7. The lowest BCUT2D eigenvalue weighted by molar-refractivity contribution is -0.119. The van der Waals surface area contributed by atoms with Crippen molar-refractivity contribution in [2.24, 2.45) is 0 Å². The number of anilines is 3. The number of likely N-dealkylation sites (N-methyl/N-ethyl adjacent to an activating group) is 2. The molecule has 1 amide bonds. The van der Waals surface area contributed by atoms with Gasteiger partial charge in [-0.25, -0.2) is 18.2 Å². The molecule has 1 fully saturated rings. The summed E-state index contributed by atoms with van der Waals surface area (Å²) in [7, 11) is 3.56. The van der Waals surface area contributed by atoms with E-state index in [1.165, 1.54) is 0 Å². The molecule has 1 N–H and O–H groups in total. The number of benzene rings is 1. The van der Waals surface area contributed by atoms with Gasteiger partial charge in [-0.05, 0) is 44.4 Å². The van der Waals surface area contributed by atoms with Gasteiger partial charge in [-0.1, -0.05) is 0 Å². The number of fused-ring (bicyclic) bond motifs is 1. The molecule has 31 heavy (non-hydrogen) atoms. The summed E-state index contributed by atoms with van der Waals surface area (Å²) in [5, 5.41) is 3.28. The Hall–Kier alpha value is -2.88. The molecule has 2 heterocycles. The van der Waals surface area contributed by atoms with E-state index in [4.69, 9.17) is 4.74 Å². The lowest BCUT2D eigenvalue weighted by atomic mass is 9.89. The number of rotatable bonds is 5. The fourth-order valence-corrected chi connectivity index (χ4v) is 3.90. The molecular weight excluding hydrogens is 411 g/mol. The number of amides is 1. The molecule has 4 rings (SSSR count). The van der Waals surface area contributed by atoms with Gasteiger partial charge in [-0.15, -0.1) is 0 Å². The Balaban J connectivity index is 1.36. The number of hydrogen-bond acceptors (Lipinski definition) is 6. The third kappa shape index (κ3) is 3.91. The summed E-state index contributed by atoms with van der Waals surface area (Å²) in [5.74, 6) is -2.77. The highest BCUT2D eigenvalue weighted by Crippen LogP contribution is 2.36. The summed E-state index contributed by atoms with van der Waals surface area (Å²) in [4.78, 5) is 24.9. The van der Waals surface area contributed by atoms with Crippen LogP contribution in [0.5, 0.6) is 0 Å². The molecule has 0 saturated heterocycles. The van der Waals surface area contributed by atoms with Gasteiger partial charge in [0.15, 0.2) is 23.3 Å². The first kappa shape index (κ1) is 21.4. The van der Waals surface area contributed by atoms with Crippen LogP contribution in [0, 0.1) is 24.4 Å². The SMILES string of the molecule is Cc1nc(N[C@H]2C[C@H](OCc3cc(F)c(F)c(F)c3)C2)nc2c1N(C)C(=O)[C@H](C)N2C.